The van der Waals surface area contributed by atoms with Crippen LogP contribution in [0.15, 0.2) is 6.07 Å². The number of rotatable bonds is 3. The van der Waals surface area contributed by atoms with Crippen LogP contribution in [0.2, 0.25) is 0 Å². The Labute approximate surface area is 101 Å². The molecule has 0 aromatic carbocycles. The van der Waals surface area contributed by atoms with Crippen LogP contribution in [-0.2, 0) is 0 Å². The molecule has 1 aliphatic rings. The molecule has 1 unspecified atom stereocenters. The van der Waals surface area contributed by atoms with E-state index in [2.05, 4.69) is 34.6 Å². The molecule has 1 atom stereocenters. The molecule has 0 amide bonds. The van der Waals surface area contributed by atoms with Gasteiger partial charge in [-0.3, -0.25) is 0 Å². The number of nitrogens with one attached hydrogen (secondary N) is 2. The highest BCUT2D eigenvalue weighted by atomic mass is 15.3. The Morgan fingerprint density at radius 3 is 2.65 bits per heavy atom. The number of hydrazine groups is 1. The van der Waals surface area contributed by atoms with E-state index < -0.39 is 0 Å². The Kier molecular flexibility index (Phi) is 3.06. The predicted molar refractivity (Wildman–Crippen MR) is 69.3 cm³/mol. The van der Waals surface area contributed by atoms with E-state index in [0.29, 0.717) is 11.9 Å². The summed E-state index contributed by atoms with van der Waals surface area (Å²) in [6.07, 6.45) is 3.63. The lowest BCUT2D eigenvalue weighted by Gasteiger charge is -2.28. The predicted octanol–water partition coefficient (Wildman–Crippen LogP) is 1.33. The molecule has 6 nitrogen and oxygen atoms in total. The molecular formula is C11H20N6. The van der Waals surface area contributed by atoms with Crippen LogP contribution in [0.25, 0.3) is 0 Å². The maximum atomic E-state index is 5.62. The number of nitrogens with two attached hydrogens (primary N) is 2. The first-order valence-corrected chi connectivity index (χ1v) is 5.89. The van der Waals surface area contributed by atoms with Gasteiger partial charge in [0.2, 0.25) is 5.95 Å². The van der Waals surface area contributed by atoms with E-state index >= 15 is 0 Å². The molecule has 1 aromatic rings. The standard InChI is InChI=1S/C11H20N6/c1-11(2)5-3-4-7(11)14-8-6-9(17-13)16-10(12)15-8/h6-7H,3-5,13H2,1-2H3,(H4,12,14,15,16,17). The van der Waals surface area contributed by atoms with Crippen LogP contribution in [0.5, 0.6) is 0 Å². The van der Waals surface area contributed by atoms with E-state index in [1.165, 1.54) is 12.8 Å². The number of nitrogen functional groups attached to an aromatic ring is 2. The van der Waals surface area contributed by atoms with Crippen LogP contribution < -0.4 is 22.3 Å². The zero-order chi connectivity index (χ0) is 12.5. The first-order valence-electron chi connectivity index (χ1n) is 5.89. The lowest BCUT2D eigenvalue weighted by atomic mass is 9.87. The second kappa shape index (κ2) is 4.37. The van der Waals surface area contributed by atoms with Crippen LogP contribution in [0.4, 0.5) is 17.6 Å². The molecule has 6 heteroatoms. The molecule has 2 rings (SSSR count). The third-order valence-electron chi connectivity index (χ3n) is 3.47. The number of hydrogen-bond acceptors (Lipinski definition) is 6. The normalized spacial score (nSPS) is 22.4. The Hall–Kier alpha value is -1.56. The second-order valence-corrected chi connectivity index (χ2v) is 5.22. The molecule has 0 saturated heterocycles. The molecule has 1 aliphatic carbocycles. The molecule has 1 heterocycles. The maximum Gasteiger partial charge on any atom is 0.223 e. The highest BCUT2D eigenvalue weighted by Crippen LogP contribution is 2.38. The van der Waals surface area contributed by atoms with Crippen molar-refractivity contribution in [2.75, 3.05) is 16.5 Å². The fourth-order valence-electron chi connectivity index (χ4n) is 2.39. The second-order valence-electron chi connectivity index (χ2n) is 5.22. The van der Waals surface area contributed by atoms with Crippen molar-refractivity contribution < 1.29 is 0 Å². The van der Waals surface area contributed by atoms with E-state index in [4.69, 9.17) is 11.6 Å². The smallest absolute Gasteiger partial charge is 0.223 e. The molecule has 94 valence electrons. The Morgan fingerprint density at radius 1 is 1.35 bits per heavy atom. The van der Waals surface area contributed by atoms with Gasteiger partial charge in [-0.05, 0) is 18.3 Å². The van der Waals surface area contributed by atoms with Crippen LogP contribution >= 0.6 is 0 Å². The molecule has 0 bridgehead atoms. The van der Waals surface area contributed by atoms with Crippen molar-refractivity contribution >= 4 is 17.6 Å². The summed E-state index contributed by atoms with van der Waals surface area (Å²) in [5.74, 6) is 6.80. The molecule has 0 aliphatic heterocycles. The van der Waals surface area contributed by atoms with Crippen LogP contribution in [0.1, 0.15) is 33.1 Å². The van der Waals surface area contributed by atoms with E-state index in [0.717, 1.165) is 12.2 Å². The third-order valence-corrected chi connectivity index (χ3v) is 3.47. The fraction of sp³-hybridized carbons (Fsp3) is 0.636. The van der Waals surface area contributed by atoms with Crippen molar-refractivity contribution in [3.63, 3.8) is 0 Å². The van der Waals surface area contributed by atoms with Crippen molar-refractivity contribution in [2.45, 2.75) is 39.2 Å². The summed E-state index contributed by atoms with van der Waals surface area (Å²) in [5, 5.41) is 3.42. The minimum atomic E-state index is 0.221. The number of anilines is 3. The van der Waals surface area contributed by atoms with Crippen molar-refractivity contribution in [3.05, 3.63) is 6.07 Å². The van der Waals surface area contributed by atoms with Gasteiger partial charge < -0.3 is 16.5 Å². The van der Waals surface area contributed by atoms with Gasteiger partial charge in [0.05, 0.1) is 0 Å². The fourth-order valence-corrected chi connectivity index (χ4v) is 2.39. The summed E-state index contributed by atoms with van der Waals surface area (Å²) in [4.78, 5) is 8.12. The molecular weight excluding hydrogens is 216 g/mol. The van der Waals surface area contributed by atoms with Crippen molar-refractivity contribution in [3.8, 4) is 0 Å². The lowest BCUT2D eigenvalue weighted by Crippen LogP contribution is -2.31. The average molecular weight is 236 g/mol. The molecule has 0 spiro atoms. The van der Waals surface area contributed by atoms with Gasteiger partial charge in [0, 0.05) is 12.1 Å². The third kappa shape index (κ3) is 2.58. The summed E-state index contributed by atoms with van der Waals surface area (Å²) in [5.41, 5.74) is 8.39. The van der Waals surface area contributed by atoms with E-state index in [-0.39, 0.29) is 11.4 Å². The Balaban J connectivity index is 2.15. The van der Waals surface area contributed by atoms with E-state index in [9.17, 15) is 0 Å². The summed E-state index contributed by atoms with van der Waals surface area (Å²) < 4.78 is 0. The minimum absolute atomic E-state index is 0.221. The topological polar surface area (TPSA) is 102 Å². The highest BCUT2D eigenvalue weighted by molar-refractivity contribution is 5.51. The highest BCUT2D eigenvalue weighted by Gasteiger charge is 2.34. The molecule has 1 saturated carbocycles. The maximum absolute atomic E-state index is 5.62. The number of aromatic nitrogens is 2. The van der Waals surface area contributed by atoms with Crippen molar-refractivity contribution in [1.29, 1.82) is 0 Å². The van der Waals surface area contributed by atoms with Gasteiger partial charge in [-0.15, -0.1) is 0 Å². The first-order chi connectivity index (χ1) is 8.01. The first kappa shape index (κ1) is 11.9. The zero-order valence-electron chi connectivity index (χ0n) is 10.3. The number of hydrogen-bond donors (Lipinski definition) is 4. The average Bonchev–Trinajstić information content (AvgIpc) is 2.57. The largest absolute Gasteiger partial charge is 0.368 e. The molecule has 1 aromatic heterocycles. The van der Waals surface area contributed by atoms with Gasteiger partial charge in [0.1, 0.15) is 11.6 Å². The Morgan fingerprint density at radius 2 is 2.06 bits per heavy atom. The molecule has 1 fully saturated rings. The summed E-state index contributed by atoms with van der Waals surface area (Å²) in [6, 6.07) is 2.19. The summed E-state index contributed by atoms with van der Waals surface area (Å²) in [7, 11) is 0. The monoisotopic (exact) mass is 236 g/mol. The van der Waals surface area contributed by atoms with Gasteiger partial charge in [-0.25, -0.2) is 5.84 Å². The van der Waals surface area contributed by atoms with Crippen molar-refractivity contribution in [1.82, 2.24) is 9.97 Å². The molecule has 6 N–H and O–H groups in total. The van der Waals surface area contributed by atoms with Crippen molar-refractivity contribution in [2.24, 2.45) is 11.3 Å². The summed E-state index contributed by atoms with van der Waals surface area (Å²) in [6.45, 7) is 4.54. The van der Waals surface area contributed by atoms with E-state index in [1.54, 1.807) is 6.07 Å². The quantitative estimate of drug-likeness (QED) is 0.466. The minimum Gasteiger partial charge on any atom is -0.368 e. The SMILES string of the molecule is CC1(C)CCCC1Nc1cc(NN)nc(N)n1. The van der Waals surface area contributed by atoms with Gasteiger partial charge >= 0.3 is 0 Å². The summed E-state index contributed by atoms with van der Waals surface area (Å²) >= 11 is 0. The Bertz CT molecular complexity index is 403. The number of nitrogens with zero attached hydrogens (tertiary/aromatic N) is 2. The van der Waals surface area contributed by atoms with Crippen LogP contribution in [0.3, 0.4) is 0 Å². The van der Waals surface area contributed by atoms with Gasteiger partial charge in [-0.1, -0.05) is 20.3 Å². The molecule has 17 heavy (non-hydrogen) atoms. The van der Waals surface area contributed by atoms with Crippen LogP contribution in [0, 0.1) is 5.41 Å². The van der Waals surface area contributed by atoms with Gasteiger partial charge in [0.15, 0.2) is 0 Å². The zero-order valence-corrected chi connectivity index (χ0v) is 10.3. The van der Waals surface area contributed by atoms with Crippen LogP contribution in [-0.4, -0.2) is 16.0 Å². The lowest BCUT2D eigenvalue weighted by molar-refractivity contribution is 0.349. The van der Waals surface area contributed by atoms with Gasteiger partial charge in [0.25, 0.3) is 0 Å². The molecule has 0 radical (unpaired) electrons. The van der Waals surface area contributed by atoms with E-state index in [1.807, 2.05) is 0 Å². The van der Waals surface area contributed by atoms with Gasteiger partial charge in [-0.2, -0.15) is 9.97 Å².